The van der Waals surface area contributed by atoms with Gasteiger partial charge in [0.1, 0.15) is 6.61 Å². The second-order valence-corrected chi connectivity index (χ2v) is 8.81. The van der Waals surface area contributed by atoms with Crippen molar-refractivity contribution in [2.45, 2.75) is 37.0 Å². The molecule has 2 heterocycles. The number of aromatic amines is 1. The van der Waals surface area contributed by atoms with E-state index >= 15 is 0 Å². The number of aliphatic carboxylic acids is 2. The molecule has 0 radical (unpaired) electrons. The summed E-state index contributed by atoms with van der Waals surface area (Å²) < 4.78 is 4.88. The van der Waals surface area contributed by atoms with Gasteiger partial charge in [0.25, 0.3) is 0 Å². The Balaban J connectivity index is 0.000000292. The SMILES string of the molecule is CN1C[C@H](CNC(=O)OCCO)CC2c3cccc4[nH]cc(c34)C[C@H]21.O=C(O)C(O)C(O)C(=O)O. The first kappa shape index (κ1) is 26.4. The summed E-state index contributed by atoms with van der Waals surface area (Å²) in [7, 11) is 2.19. The van der Waals surface area contributed by atoms with Crippen molar-refractivity contribution in [3.05, 3.63) is 35.5 Å². The van der Waals surface area contributed by atoms with Crippen LogP contribution in [0.5, 0.6) is 0 Å². The molecule has 0 bridgehead atoms. The Morgan fingerprint density at radius 3 is 2.51 bits per heavy atom. The fourth-order valence-electron chi connectivity index (χ4n) is 4.89. The number of nitrogens with one attached hydrogen (secondary N) is 2. The van der Waals surface area contributed by atoms with Crippen molar-refractivity contribution in [2.24, 2.45) is 5.92 Å². The number of likely N-dealkylation sites (N-methyl/N-ethyl adjacent to an activating group) is 1. The van der Waals surface area contributed by atoms with E-state index in [9.17, 15) is 14.4 Å². The Bertz CT molecular complexity index is 1040. The predicted molar refractivity (Wildman–Crippen MR) is 123 cm³/mol. The van der Waals surface area contributed by atoms with Crippen LogP contribution in [0.3, 0.4) is 0 Å². The van der Waals surface area contributed by atoms with Crippen LogP contribution < -0.4 is 5.32 Å². The number of alkyl carbamates (subject to hydrolysis) is 1. The smallest absolute Gasteiger partial charge is 0.407 e. The molecule has 1 fully saturated rings. The van der Waals surface area contributed by atoms with Gasteiger partial charge in [0.2, 0.25) is 0 Å². The maximum Gasteiger partial charge on any atom is 0.407 e. The number of aromatic nitrogens is 1. The summed E-state index contributed by atoms with van der Waals surface area (Å²) in [5.74, 6) is -2.65. The lowest BCUT2D eigenvalue weighted by Crippen LogP contribution is -2.50. The number of rotatable bonds is 7. The van der Waals surface area contributed by atoms with Gasteiger partial charge in [-0.05, 0) is 43.0 Å². The van der Waals surface area contributed by atoms with Gasteiger partial charge in [-0.2, -0.15) is 0 Å². The number of hydrogen-bond acceptors (Lipinski definition) is 8. The van der Waals surface area contributed by atoms with E-state index in [1.807, 2.05) is 0 Å². The van der Waals surface area contributed by atoms with Crippen molar-refractivity contribution in [1.29, 1.82) is 0 Å². The van der Waals surface area contributed by atoms with Crippen molar-refractivity contribution < 1.29 is 44.7 Å². The van der Waals surface area contributed by atoms with Crippen LogP contribution in [-0.4, -0.2) is 105 Å². The Morgan fingerprint density at radius 1 is 1.20 bits per heavy atom. The number of fused-ring (bicyclic) bond motifs is 2. The van der Waals surface area contributed by atoms with Gasteiger partial charge < -0.3 is 45.5 Å². The van der Waals surface area contributed by atoms with Crippen molar-refractivity contribution in [3.63, 3.8) is 0 Å². The number of amides is 1. The molecule has 12 nitrogen and oxygen atoms in total. The average molecular weight is 494 g/mol. The number of aliphatic hydroxyl groups is 3. The monoisotopic (exact) mass is 493 g/mol. The topological polar surface area (TPSA) is 193 Å². The van der Waals surface area contributed by atoms with Crippen LogP contribution in [0.2, 0.25) is 0 Å². The Kier molecular flexibility index (Phi) is 8.67. The fraction of sp³-hybridized carbons (Fsp3) is 0.522. The summed E-state index contributed by atoms with van der Waals surface area (Å²) in [6, 6.07) is 7.06. The standard InChI is InChI=1S/C19H25N3O3.C4H6O6/c1-22-11-12(9-21-19(24)25-6-5-23)7-15-14-3-2-4-16-18(14)13(10-20-16)8-17(15)22;5-1(3(7)8)2(6)4(9)10/h2-4,10,12,15,17,20,23H,5-9,11H2,1H3,(H,21,24);1-2,5-6H,(H,7,8)(H,9,10)/t12-,15?,17+;/m0./s1. The van der Waals surface area contributed by atoms with Crippen LogP contribution >= 0.6 is 0 Å². The van der Waals surface area contributed by atoms with Gasteiger partial charge in [-0.1, -0.05) is 12.1 Å². The first-order chi connectivity index (χ1) is 16.6. The van der Waals surface area contributed by atoms with E-state index in [1.54, 1.807) is 0 Å². The summed E-state index contributed by atoms with van der Waals surface area (Å²) in [6.45, 7) is 1.47. The highest BCUT2D eigenvalue weighted by atomic mass is 16.6. The highest BCUT2D eigenvalue weighted by Gasteiger charge is 2.39. The highest BCUT2D eigenvalue weighted by Crippen LogP contribution is 2.44. The average Bonchev–Trinajstić information content (AvgIpc) is 3.25. The van der Waals surface area contributed by atoms with Gasteiger partial charge in [0.15, 0.2) is 12.2 Å². The van der Waals surface area contributed by atoms with Crippen LogP contribution in [0, 0.1) is 5.92 Å². The molecular formula is C23H31N3O9. The highest BCUT2D eigenvalue weighted by molar-refractivity contribution is 5.88. The maximum absolute atomic E-state index is 11.6. The molecule has 1 amide bonds. The van der Waals surface area contributed by atoms with E-state index in [0.29, 0.717) is 24.4 Å². The lowest BCUT2D eigenvalue weighted by molar-refractivity contribution is -0.165. The molecule has 1 aromatic carbocycles. The summed E-state index contributed by atoms with van der Waals surface area (Å²) in [4.78, 5) is 37.0. The summed E-state index contributed by atoms with van der Waals surface area (Å²) in [6.07, 6.45) is -0.675. The first-order valence-corrected chi connectivity index (χ1v) is 11.3. The summed E-state index contributed by atoms with van der Waals surface area (Å²) in [5, 5.41) is 45.5. The molecular weight excluding hydrogens is 462 g/mol. The number of aliphatic hydroxyl groups excluding tert-OH is 3. The maximum atomic E-state index is 11.6. The molecule has 1 saturated heterocycles. The molecule has 3 unspecified atom stereocenters. The van der Waals surface area contributed by atoms with E-state index < -0.39 is 30.2 Å². The van der Waals surface area contributed by atoms with E-state index in [1.165, 1.54) is 22.0 Å². The molecule has 1 aliphatic carbocycles. The van der Waals surface area contributed by atoms with E-state index in [4.69, 9.17) is 30.3 Å². The van der Waals surface area contributed by atoms with Gasteiger partial charge in [0, 0.05) is 42.1 Å². The zero-order valence-electron chi connectivity index (χ0n) is 19.3. The number of likely N-dealkylation sites (tertiary alicyclic amines) is 1. The number of nitrogens with zero attached hydrogens (tertiary/aromatic N) is 1. The fourth-order valence-corrected chi connectivity index (χ4v) is 4.89. The van der Waals surface area contributed by atoms with Crippen LogP contribution in [0.15, 0.2) is 24.4 Å². The second-order valence-electron chi connectivity index (χ2n) is 8.81. The van der Waals surface area contributed by atoms with Gasteiger partial charge >= 0.3 is 18.0 Å². The number of hydrogen-bond donors (Lipinski definition) is 7. The minimum absolute atomic E-state index is 0.0410. The van der Waals surface area contributed by atoms with Crippen molar-refractivity contribution in [1.82, 2.24) is 15.2 Å². The van der Waals surface area contributed by atoms with E-state index in [2.05, 4.69) is 46.6 Å². The minimum atomic E-state index is -2.27. The molecule has 4 rings (SSSR count). The first-order valence-electron chi connectivity index (χ1n) is 11.3. The van der Waals surface area contributed by atoms with Gasteiger partial charge in [-0.25, -0.2) is 14.4 Å². The van der Waals surface area contributed by atoms with Gasteiger partial charge in [-0.3, -0.25) is 0 Å². The number of benzene rings is 1. The molecule has 1 aromatic heterocycles. The molecule has 12 heteroatoms. The van der Waals surface area contributed by atoms with Gasteiger partial charge in [0.05, 0.1) is 6.61 Å². The Hall–Kier alpha value is -3.19. The third-order valence-electron chi connectivity index (χ3n) is 6.48. The Morgan fingerprint density at radius 2 is 1.89 bits per heavy atom. The van der Waals surface area contributed by atoms with Crippen LogP contribution in [0.1, 0.15) is 23.5 Å². The zero-order valence-corrected chi connectivity index (χ0v) is 19.3. The molecule has 2 aromatic rings. The molecule has 1 aliphatic heterocycles. The third-order valence-corrected chi connectivity index (χ3v) is 6.48. The number of piperidine rings is 1. The molecule has 2 aliphatic rings. The molecule has 0 saturated carbocycles. The number of carbonyl (C=O) groups is 3. The normalized spacial score (nSPS) is 22.8. The number of H-pyrrole nitrogens is 1. The second kappa shape index (κ2) is 11.5. The van der Waals surface area contributed by atoms with Crippen molar-refractivity contribution >= 4 is 28.9 Å². The van der Waals surface area contributed by atoms with Crippen molar-refractivity contribution in [3.8, 4) is 0 Å². The number of ether oxygens (including phenoxy) is 1. The quantitative estimate of drug-likeness (QED) is 0.270. The minimum Gasteiger partial charge on any atom is -0.479 e. The number of carboxylic acids is 2. The third kappa shape index (κ3) is 6.09. The lowest BCUT2D eigenvalue weighted by Gasteiger charge is -2.45. The zero-order chi connectivity index (χ0) is 25.7. The molecule has 35 heavy (non-hydrogen) atoms. The molecule has 192 valence electrons. The lowest BCUT2D eigenvalue weighted by atomic mass is 9.72. The molecule has 7 N–H and O–H groups in total. The largest absolute Gasteiger partial charge is 0.479 e. The van der Waals surface area contributed by atoms with Crippen LogP contribution in [0.25, 0.3) is 10.9 Å². The van der Waals surface area contributed by atoms with E-state index in [-0.39, 0.29) is 13.2 Å². The van der Waals surface area contributed by atoms with Crippen LogP contribution in [-0.2, 0) is 20.7 Å². The number of carbonyl (C=O) groups excluding carboxylic acids is 1. The van der Waals surface area contributed by atoms with E-state index in [0.717, 1.165) is 19.4 Å². The van der Waals surface area contributed by atoms with Crippen LogP contribution in [0.4, 0.5) is 4.79 Å². The number of carboxylic acid groups (broad SMARTS) is 2. The van der Waals surface area contributed by atoms with Crippen molar-refractivity contribution in [2.75, 3.05) is 33.4 Å². The molecule has 5 atom stereocenters. The van der Waals surface area contributed by atoms with Gasteiger partial charge in [-0.15, -0.1) is 0 Å². The summed E-state index contributed by atoms with van der Waals surface area (Å²) in [5.41, 5.74) is 4.08. The molecule has 0 spiro atoms. The predicted octanol–water partition coefficient (Wildman–Crippen LogP) is -0.276. The Labute approximate surface area is 201 Å². The summed E-state index contributed by atoms with van der Waals surface area (Å²) >= 11 is 0.